The molecule has 0 aromatic heterocycles. The Morgan fingerprint density at radius 2 is 0.469 bits per heavy atom. The Morgan fingerprint density at radius 1 is 0.276 bits per heavy atom. The van der Waals surface area contributed by atoms with Crippen LogP contribution in [0.1, 0.15) is 408 Å². The molecule has 0 heterocycles. The first-order valence-corrected chi connectivity index (χ1v) is 43.8. The van der Waals surface area contributed by atoms with Crippen LogP contribution in [-0.2, 0) is 65.4 Å². The van der Waals surface area contributed by atoms with Crippen molar-refractivity contribution in [3.63, 3.8) is 0 Å². The molecule has 0 aliphatic carbocycles. The van der Waals surface area contributed by atoms with Gasteiger partial charge in [-0.2, -0.15) is 0 Å². The van der Waals surface area contributed by atoms with E-state index in [1.54, 1.807) is 0 Å². The number of esters is 4. The zero-order valence-electron chi connectivity index (χ0n) is 64.3. The molecule has 0 aromatic rings. The molecule has 2 unspecified atom stereocenters. The third-order valence-corrected chi connectivity index (χ3v) is 20.3. The number of aliphatic hydroxyl groups is 1. The number of hydrogen-bond donors (Lipinski definition) is 3. The SMILES string of the molecule is CCCCCCCCCCCCCCCCCCCCCCC(=O)O[C@H](COC(=O)CCCCCCCCCCCCCCCCCC(C)C)COP(=O)(O)OC[C@@H](O)COP(=O)(O)OC[C@@H](COC(=O)CCCCCCCCC(C)C)OC(=O)CCCCCCCCCCC(C)C. The van der Waals surface area contributed by atoms with Crippen LogP contribution in [0.5, 0.6) is 0 Å². The first kappa shape index (κ1) is 96.1. The fourth-order valence-electron chi connectivity index (χ4n) is 12.1. The van der Waals surface area contributed by atoms with Gasteiger partial charge in [0.1, 0.15) is 19.3 Å². The van der Waals surface area contributed by atoms with Crippen molar-refractivity contribution in [3.05, 3.63) is 0 Å². The third kappa shape index (κ3) is 72.4. The normalized spacial score (nSPS) is 14.0. The van der Waals surface area contributed by atoms with E-state index >= 15 is 0 Å². The van der Waals surface area contributed by atoms with Gasteiger partial charge >= 0.3 is 39.5 Å². The number of carbonyl (C=O) groups is 4. The minimum atomic E-state index is -4.96. The highest BCUT2D eigenvalue weighted by Crippen LogP contribution is 2.45. The average molecular weight is 1440 g/mol. The number of rotatable bonds is 77. The molecule has 0 saturated carbocycles. The maximum Gasteiger partial charge on any atom is 0.472 e. The molecule has 19 heteroatoms. The quantitative estimate of drug-likeness (QED) is 0.0222. The van der Waals surface area contributed by atoms with Gasteiger partial charge in [-0.3, -0.25) is 37.3 Å². The summed E-state index contributed by atoms with van der Waals surface area (Å²) in [5.74, 6) is 0.0852. The van der Waals surface area contributed by atoms with Crippen LogP contribution in [0.15, 0.2) is 0 Å². The van der Waals surface area contributed by atoms with Crippen LogP contribution >= 0.6 is 15.6 Å². The monoisotopic (exact) mass is 1440 g/mol. The molecule has 3 N–H and O–H groups in total. The minimum Gasteiger partial charge on any atom is -0.462 e. The van der Waals surface area contributed by atoms with Gasteiger partial charge in [0.05, 0.1) is 26.4 Å². The fourth-order valence-corrected chi connectivity index (χ4v) is 13.7. The van der Waals surface area contributed by atoms with Crippen LogP contribution in [0.2, 0.25) is 0 Å². The zero-order chi connectivity index (χ0) is 72.3. The molecular formula is C79H154O17P2. The second-order valence-corrected chi connectivity index (χ2v) is 32.8. The van der Waals surface area contributed by atoms with E-state index in [4.69, 9.17) is 37.0 Å². The van der Waals surface area contributed by atoms with Crippen LogP contribution in [0.4, 0.5) is 0 Å². The van der Waals surface area contributed by atoms with Gasteiger partial charge in [0.15, 0.2) is 12.2 Å². The molecule has 0 spiro atoms. The van der Waals surface area contributed by atoms with E-state index in [0.717, 1.165) is 108 Å². The third-order valence-electron chi connectivity index (χ3n) is 18.4. The molecule has 582 valence electrons. The highest BCUT2D eigenvalue weighted by Gasteiger charge is 2.30. The van der Waals surface area contributed by atoms with Crippen LogP contribution in [0, 0.1) is 17.8 Å². The Balaban J connectivity index is 5.20. The first-order chi connectivity index (χ1) is 47.2. The lowest BCUT2D eigenvalue weighted by atomic mass is 10.0. The molecule has 0 aliphatic rings. The van der Waals surface area contributed by atoms with E-state index in [1.165, 1.54) is 212 Å². The molecule has 0 rings (SSSR count). The second-order valence-electron chi connectivity index (χ2n) is 29.9. The summed E-state index contributed by atoms with van der Waals surface area (Å²) in [4.78, 5) is 72.8. The van der Waals surface area contributed by atoms with Crippen molar-refractivity contribution in [2.24, 2.45) is 17.8 Å². The van der Waals surface area contributed by atoms with Crippen LogP contribution in [0.3, 0.4) is 0 Å². The Labute approximate surface area is 600 Å². The molecule has 0 bridgehead atoms. The van der Waals surface area contributed by atoms with E-state index in [2.05, 4.69) is 48.5 Å². The van der Waals surface area contributed by atoms with Crippen molar-refractivity contribution in [2.75, 3.05) is 39.6 Å². The molecule has 0 saturated heterocycles. The molecular weight excluding hydrogens is 1280 g/mol. The predicted molar refractivity (Wildman–Crippen MR) is 400 cm³/mol. The van der Waals surface area contributed by atoms with Crippen molar-refractivity contribution >= 4 is 39.5 Å². The van der Waals surface area contributed by atoms with Gasteiger partial charge < -0.3 is 33.8 Å². The lowest BCUT2D eigenvalue weighted by molar-refractivity contribution is -0.161. The maximum absolute atomic E-state index is 13.1. The number of ether oxygens (including phenoxy) is 4. The summed E-state index contributed by atoms with van der Waals surface area (Å²) in [6.07, 6.45) is 57.3. The molecule has 17 nitrogen and oxygen atoms in total. The Kier molecular flexibility index (Phi) is 68.1. The minimum absolute atomic E-state index is 0.103. The predicted octanol–water partition coefficient (Wildman–Crippen LogP) is 23.4. The molecule has 0 aliphatic heterocycles. The lowest BCUT2D eigenvalue weighted by Gasteiger charge is -2.21. The summed E-state index contributed by atoms with van der Waals surface area (Å²) in [5, 5.41) is 10.6. The molecule has 0 fully saturated rings. The molecule has 0 amide bonds. The van der Waals surface area contributed by atoms with Gasteiger partial charge in [-0.25, -0.2) is 9.13 Å². The number of phosphoric ester groups is 2. The van der Waals surface area contributed by atoms with E-state index in [-0.39, 0.29) is 25.7 Å². The smallest absolute Gasteiger partial charge is 0.462 e. The summed E-state index contributed by atoms with van der Waals surface area (Å²) >= 11 is 0. The number of aliphatic hydroxyl groups excluding tert-OH is 1. The van der Waals surface area contributed by atoms with Gasteiger partial charge in [-0.1, -0.05) is 357 Å². The summed E-state index contributed by atoms with van der Waals surface area (Å²) in [6, 6.07) is 0. The topological polar surface area (TPSA) is 237 Å². The Morgan fingerprint density at radius 3 is 0.694 bits per heavy atom. The van der Waals surface area contributed by atoms with Crippen LogP contribution < -0.4 is 0 Å². The summed E-state index contributed by atoms with van der Waals surface area (Å²) in [5.41, 5.74) is 0. The number of carbonyl (C=O) groups excluding carboxylic acids is 4. The summed E-state index contributed by atoms with van der Waals surface area (Å²) in [7, 11) is -9.91. The van der Waals surface area contributed by atoms with E-state index in [0.29, 0.717) is 31.6 Å². The lowest BCUT2D eigenvalue weighted by Crippen LogP contribution is -2.30. The number of hydrogen-bond acceptors (Lipinski definition) is 15. The highest BCUT2D eigenvalue weighted by molar-refractivity contribution is 7.47. The van der Waals surface area contributed by atoms with Gasteiger partial charge in [0.2, 0.25) is 0 Å². The van der Waals surface area contributed by atoms with Crippen molar-refractivity contribution in [1.82, 2.24) is 0 Å². The van der Waals surface area contributed by atoms with Crippen LogP contribution in [-0.4, -0.2) is 96.7 Å². The molecule has 0 radical (unpaired) electrons. The maximum atomic E-state index is 13.1. The molecule has 0 aromatic carbocycles. The number of phosphoric acid groups is 2. The van der Waals surface area contributed by atoms with Crippen molar-refractivity contribution in [1.29, 1.82) is 0 Å². The molecule has 5 atom stereocenters. The van der Waals surface area contributed by atoms with Gasteiger partial charge in [0, 0.05) is 25.7 Å². The van der Waals surface area contributed by atoms with Crippen molar-refractivity contribution in [2.45, 2.75) is 426 Å². The first-order valence-electron chi connectivity index (χ1n) is 40.8. The zero-order valence-corrected chi connectivity index (χ0v) is 66.0. The summed E-state index contributed by atoms with van der Waals surface area (Å²) in [6.45, 7) is 11.8. The Bertz CT molecular complexity index is 1900. The average Bonchev–Trinajstić information content (AvgIpc) is 0.967. The van der Waals surface area contributed by atoms with Crippen molar-refractivity contribution < 1.29 is 80.2 Å². The van der Waals surface area contributed by atoms with E-state index < -0.39 is 97.5 Å². The standard InChI is InChI=1S/C79H154O17P2/c1-8-9-10-11-12-13-14-15-16-17-18-19-20-23-27-30-33-39-48-55-62-78(83)95-74(66-89-76(81)60-53-46-38-32-29-26-24-21-22-25-28-31-36-43-50-57-70(2)3)68-93-97(85,86)91-64-73(80)65-92-98(87,88)94-69-75(67-90-77(82)61-54-47-42-41-45-52-59-72(6)7)96-79(84)63-56-49-40-35-34-37-44-51-58-71(4)5/h70-75,80H,8-69H2,1-7H3,(H,85,86)(H,87,88)/t73-,74-,75-/m1/s1. The van der Waals surface area contributed by atoms with Gasteiger partial charge in [-0.15, -0.1) is 0 Å². The molecule has 98 heavy (non-hydrogen) atoms. The second kappa shape index (κ2) is 69.4. The summed E-state index contributed by atoms with van der Waals surface area (Å²) < 4.78 is 68.6. The van der Waals surface area contributed by atoms with Crippen LogP contribution in [0.25, 0.3) is 0 Å². The van der Waals surface area contributed by atoms with Gasteiger partial charge in [-0.05, 0) is 43.4 Å². The highest BCUT2D eigenvalue weighted by atomic mass is 31.2. The van der Waals surface area contributed by atoms with E-state index in [9.17, 15) is 43.2 Å². The fraction of sp³-hybridized carbons (Fsp3) is 0.949. The van der Waals surface area contributed by atoms with E-state index in [1.807, 2.05) is 0 Å². The largest absolute Gasteiger partial charge is 0.472 e. The Hall–Kier alpha value is -1.94. The van der Waals surface area contributed by atoms with Crippen molar-refractivity contribution in [3.8, 4) is 0 Å². The van der Waals surface area contributed by atoms with Gasteiger partial charge in [0.25, 0.3) is 0 Å². The number of unbranched alkanes of at least 4 members (excludes halogenated alkanes) is 45.